The minimum absolute atomic E-state index is 0.213. The SMILES string of the molecule is CC(C)(C)OC(=O)N1CCCC1N1CCOC1=O. The van der Waals surface area contributed by atoms with Gasteiger partial charge in [-0.2, -0.15) is 0 Å². The molecule has 0 N–H and O–H groups in total. The Kier molecular flexibility index (Phi) is 3.36. The summed E-state index contributed by atoms with van der Waals surface area (Å²) < 4.78 is 10.3. The highest BCUT2D eigenvalue weighted by Crippen LogP contribution is 2.25. The van der Waals surface area contributed by atoms with Gasteiger partial charge >= 0.3 is 12.2 Å². The van der Waals surface area contributed by atoms with Crippen molar-refractivity contribution in [2.45, 2.75) is 45.4 Å². The van der Waals surface area contributed by atoms with Gasteiger partial charge in [0.05, 0.1) is 6.54 Å². The molecular weight excluding hydrogens is 236 g/mol. The molecule has 1 unspecified atom stereocenters. The number of nitrogens with zero attached hydrogens (tertiary/aromatic N) is 2. The topological polar surface area (TPSA) is 59.1 Å². The minimum Gasteiger partial charge on any atom is -0.447 e. The van der Waals surface area contributed by atoms with Crippen LogP contribution in [0.25, 0.3) is 0 Å². The highest BCUT2D eigenvalue weighted by Gasteiger charge is 2.40. The Morgan fingerprint density at radius 1 is 1.39 bits per heavy atom. The summed E-state index contributed by atoms with van der Waals surface area (Å²) in [7, 11) is 0. The number of cyclic esters (lactones) is 1. The van der Waals surface area contributed by atoms with Gasteiger partial charge in [-0.3, -0.25) is 9.80 Å². The number of ether oxygens (including phenoxy) is 2. The Bertz CT molecular complexity index is 350. The van der Waals surface area contributed by atoms with Gasteiger partial charge in [0.1, 0.15) is 18.4 Å². The molecule has 2 amide bonds. The van der Waals surface area contributed by atoms with Crippen molar-refractivity contribution in [3.05, 3.63) is 0 Å². The van der Waals surface area contributed by atoms with Gasteiger partial charge in [0, 0.05) is 6.54 Å². The van der Waals surface area contributed by atoms with Crippen LogP contribution in [-0.2, 0) is 9.47 Å². The van der Waals surface area contributed by atoms with Gasteiger partial charge in [-0.05, 0) is 33.6 Å². The van der Waals surface area contributed by atoms with Gasteiger partial charge < -0.3 is 9.47 Å². The fourth-order valence-electron chi connectivity index (χ4n) is 2.28. The van der Waals surface area contributed by atoms with Crippen LogP contribution in [0, 0.1) is 0 Å². The van der Waals surface area contributed by atoms with Crippen molar-refractivity contribution in [3.8, 4) is 0 Å². The van der Waals surface area contributed by atoms with Crippen LogP contribution in [0.5, 0.6) is 0 Å². The fraction of sp³-hybridized carbons (Fsp3) is 0.833. The van der Waals surface area contributed by atoms with E-state index in [-0.39, 0.29) is 18.4 Å². The molecule has 2 rings (SSSR count). The second-order valence-electron chi connectivity index (χ2n) is 5.60. The number of hydrogen-bond acceptors (Lipinski definition) is 4. The molecule has 0 spiro atoms. The van der Waals surface area contributed by atoms with Crippen LogP contribution >= 0.6 is 0 Å². The van der Waals surface area contributed by atoms with Crippen molar-refractivity contribution in [1.82, 2.24) is 9.80 Å². The first-order valence-electron chi connectivity index (χ1n) is 6.31. The van der Waals surface area contributed by atoms with E-state index >= 15 is 0 Å². The lowest BCUT2D eigenvalue weighted by molar-refractivity contribution is 0.00899. The zero-order chi connectivity index (χ0) is 13.3. The van der Waals surface area contributed by atoms with Crippen molar-refractivity contribution < 1.29 is 19.1 Å². The number of carbonyl (C=O) groups excluding carboxylic acids is 2. The number of rotatable bonds is 1. The van der Waals surface area contributed by atoms with Crippen LogP contribution in [0.1, 0.15) is 33.6 Å². The van der Waals surface area contributed by atoms with E-state index in [4.69, 9.17) is 9.47 Å². The summed E-state index contributed by atoms with van der Waals surface area (Å²) in [5, 5.41) is 0. The van der Waals surface area contributed by atoms with Crippen LogP contribution in [0.3, 0.4) is 0 Å². The van der Waals surface area contributed by atoms with Gasteiger partial charge in [-0.1, -0.05) is 0 Å². The predicted octanol–water partition coefficient (Wildman–Crippen LogP) is 1.80. The van der Waals surface area contributed by atoms with E-state index in [0.29, 0.717) is 19.7 Å². The maximum atomic E-state index is 12.1. The standard InChI is InChI=1S/C12H20N2O4/c1-12(2,3)18-11(16)13-6-4-5-9(13)14-7-8-17-10(14)15/h9H,4-8H2,1-3H3. The third kappa shape index (κ3) is 2.68. The number of hydrogen-bond donors (Lipinski definition) is 0. The molecule has 18 heavy (non-hydrogen) atoms. The Morgan fingerprint density at radius 3 is 2.67 bits per heavy atom. The molecule has 0 aliphatic carbocycles. The molecule has 2 saturated heterocycles. The molecule has 2 aliphatic rings. The fourth-order valence-corrected chi connectivity index (χ4v) is 2.28. The summed E-state index contributed by atoms with van der Waals surface area (Å²) in [6, 6.07) is 0. The second kappa shape index (κ2) is 4.66. The first-order valence-corrected chi connectivity index (χ1v) is 6.31. The molecule has 0 radical (unpaired) electrons. The van der Waals surface area contributed by atoms with E-state index in [1.807, 2.05) is 20.8 Å². The molecule has 6 heteroatoms. The molecule has 0 aromatic heterocycles. The molecule has 0 aromatic carbocycles. The van der Waals surface area contributed by atoms with Crippen LogP contribution in [0.4, 0.5) is 9.59 Å². The monoisotopic (exact) mass is 256 g/mol. The van der Waals surface area contributed by atoms with Crippen LogP contribution < -0.4 is 0 Å². The lowest BCUT2D eigenvalue weighted by Crippen LogP contribution is -2.49. The zero-order valence-electron chi connectivity index (χ0n) is 11.1. The Morgan fingerprint density at radius 2 is 2.11 bits per heavy atom. The van der Waals surface area contributed by atoms with Crippen molar-refractivity contribution in [3.63, 3.8) is 0 Å². The van der Waals surface area contributed by atoms with E-state index in [1.165, 1.54) is 0 Å². The average molecular weight is 256 g/mol. The summed E-state index contributed by atoms with van der Waals surface area (Å²) in [6.07, 6.45) is 0.761. The Hall–Kier alpha value is -1.46. The van der Waals surface area contributed by atoms with Gasteiger partial charge in [0.15, 0.2) is 0 Å². The van der Waals surface area contributed by atoms with Gasteiger partial charge in [-0.25, -0.2) is 9.59 Å². The van der Waals surface area contributed by atoms with Gasteiger partial charge in [0.25, 0.3) is 0 Å². The lowest BCUT2D eigenvalue weighted by Gasteiger charge is -2.32. The highest BCUT2D eigenvalue weighted by atomic mass is 16.6. The van der Waals surface area contributed by atoms with Crippen LogP contribution in [0.2, 0.25) is 0 Å². The summed E-state index contributed by atoms with van der Waals surface area (Å²) >= 11 is 0. The summed E-state index contributed by atoms with van der Waals surface area (Å²) in [5.74, 6) is 0. The number of amides is 2. The maximum Gasteiger partial charge on any atom is 0.411 e. The summed E-state index contributed by atoms with van der Waals surface area (Å²) in [6.45, 7) is 7.07. The van der Waals surface area contributed by atoms with Crippen molar-refractivity contribution in [1.29, 1.82) is 0 Å². The van der Waals surface area contributed by atoms with Crippen molar-refractivity contribution in [2.24, 2.45) is 0 Å². The minimum atomic E-state index is -0.518. The predicted molar refractivity (Wildman–Crippen MR) is 64.0 cm³/mol. The zero-order valence-corrected chi connectivity index (χ0v) is 11.1. The first kappa shape index (κ1) is 13.0. The highest BCUT2D eigenvalue weighted by molar-refractivity contribution is 5.73. The third-order valence-corrected chi connectivity index (χ3v) is 3.00. The molecule has 1 atom stereocenters. The van der Waals surface area contributed by atoms with Crippen molar-refractivity contribution in [2.75, 3.05) is 19.7 Å². The van der Waals surface area contributed by atoms with Gasteiger partial charge in [-0.15, -0.1) is 0 Å². The van der Waals surface area contributed by atoms with E-state index in [2.05, 4.69) is 0 Å². The number of carbonyl (C=O) groups is 2. The molecule has 2 heterocycles. The molecule has 102 valence electrons. The molecule has 0 bridgehead atoms. The maximum absolute atomic E-state index is 12.1. The normalized spacial score (nSPS) is 24.4. The molecule has 0 aromatic rings. The van der Waals surface area contributed by atoms with Crippen LogP contribution in [0.15, 0.2) is 0 Å². The van der Waals surface area contributed by atoms with E-state index in [9.17, 15) is 9.59 Å². The molecule has 0 saturated carbocycles. The molecular formula is C12H20N2O4. The Labute approximate surface area is 107 Å². The van der Waals surface area contributed by atoms with E-state index in [1.54, 1.807) is 9.80 Å². The summed E-state index contributed by atoms with van der Waals surface area (Å²) in [5.41, 5.74) is -0.518. The molecule has 2 fully saturated rings. The molecule has 6 nitrogen and oxygen atoms in total. The van der Waals surface area contributed by atoms with Crippen molar-refractivity contribution >= 4 is 12.2 Å². The first-order chi connectivity index (χ1) is 8.38. The quantitative estimate of drug-likeness (QED) is 0.717. The third-order valence-electron chi connectivity index (χ3n) is 3.00. The Balaban J connectivity index is 2.03. The van der Waals surface area contributed by atoms with Crippen LogP contribution in [-0.4, -0.2) is 53.4 Å². The van der Waals surface area contributed by atoms with E-state index < -0.39 is 5.60 Å². The molecule has 2 aliphatic heterocycles. The lowest BCUT2D eigenvalue weighted by atomic mass is 10.2. The smallest absolute Gasteiger partial charge is 0.411 e. The second-order valence-corrected chi connectivity index (χ2v) is 5.60. The summed E-state index contributed by atoms with van der Waals surface area (Å²) in [4.78, 5) is 26.8. The average Bonchev–Trinajstić information content (AvgIpc) is 2.82. The van der Waals surface area contributed by atoms with E-state index in [0.717, 1.165) is 12.8 Å². The van der Waals surface area contributed by atoms with Gasteiger partial charge in [0.2, 0.25) is 0 Å². The largest absolute Gasteiger partial charge is 0.447 e. The number of likely N-dealkylation sites (tertiary alicyclic amines) is 1.